The first-order chi connectivity index (χ1) is 19.7. The van der Waals surface area contributed by atoms with E-state index < -0.39 is 22.6 Å². The molecule has 7 rings (SSSR count). The lowest BCUT2D eigenvalue weighted by molar-refractivity contribution is -0.137. The van der Waals surface area contributed by atoms with Crippen molar-refractivity contribution < 1.29 is 17.9 Å². The summed E-state index contributed by atoms with van der Waals surface area (Å²) in [4.78, 5) is 32.5. The van der Waals surface area contributed by atoms with Crippen LogP contribution in [0.1, 0.15) is 30.0 Å². The maximum atomic E-state index is 13.0. The van der Waals surface area contributed by atoms with E-state index in [-0.39, 0.29) is 29.1 Å². The van der Waals surface area contributed by atoms with E-state index in [0.29, 0.717) is 17.6 Å². The average Bonchev–Trinajstić information content (AvgIpc) is 3.00. The summed E-state index contributed by atoms with van der Waals surface area (Å²) in [7, 11) is 1.59. The van der Waals surface area contributed by atoms with E-state index in [1.54, 1.807) is 13.3 Å². The van der Waals surface area contributed by atoms with E-state index in [1.807, 2.05) is 30.3 Å². The number of alkyl halides is 3. The van der Waals surface area contributed by atoms with Crippen LogP contribution in [0.4, 0.5) is 30.2 Å². The van der Waals surface area contributed by atoms with E-state index in [1.165, 1.54) is 12.1 Å². The lowest BCUT2D eigenvalue weighted by Crippen LogP contribution is -2.56. The Balaban J connectivity index is 1.39. The Morgan fingerprint density at radius 3 is 2.51 bits per heavy atom. The quantitative estimate of drug-likeness (QED) is 0.212. The van der Waals surface area contributed by atoms with E-state index in [9.17, 15) is 22.8 Å². The first-order valence-electron chi connectivity index (χ1n) is 13.5. The van der Waals surface area contributed by atoms with Gasteiger partial charge in [0, 0.05) is 29.9 Å². The molecule has 41 heavy (non-hydrogen) atoms. The summed E-state index contributed by atoms with van der Waals surface area (Å²) in [5.74, 6) is 1.51. The third kappa shape index (κ3) is 4.86. The highest BCUT2D eigenvalue weighted by atomic mass is 19.4. The van der Waals surface area contributed by atoms with Crippen molar-refractivity contribution in [1.29, 1.82) is 0 Å². The monoisotopic (exact) mass is 562 g/mol. The van der Waals surface area contributed by atoms with Crippen molar-refractivity contribution in [2.75, 3.05) is 30.8 Å². The van der Waals surface area contributed by atoms with E-state index in [4.69, 9.17) is 4.74 Å². The van der Waals surface area contributed by atoms with Crippen LogP contribution >= 0.6 is 0 Å². The molecule has 4 aromatic rings. The molecule has 0 amide bonds. The smallest absolute Gasteiger partial charge is 0.416 e. The fraction of sp³-hybridized carbons (Fsp3) is 0.323. The zero-order chi connectivity index (χ0) is 28.9. The number of benzene rings is 2. The molecule has 5 atom stereocenters. The second kappa shape index (κ2) is 10.3. The number of rotatable bonds is 8. The first kappa shape index (κ1) is 27.0. The number of anilines is 3. The van der Waals surface area contributed by atoms with Crippen LogP contribution in [0.15, 0.2) is 77.0 Å². The summed E-state index contributed by atoms with van der Waals surface area (Å²) in [5, 5.41) is 7.14. The Hall–Kier alpha value is -4.18. The van der Waals surface area contributed by atoms with Crippen LogP contribution in [0.5, 0.6) is 5.75 Å². The van der Waals surface area contributed by atoms with Crippen molar-refractivity contribution in [3.05, 3.63) is 99.0 Å². The van der Waals surface area contributed by atoms with Crippen molar-refractivity contribution in [1.82, 2.24) is 9.88 Å². The molecule has 1 aromatic heterocycles. The van der Waals surface area contributed by atoms with Crippen LogP contribution in [0.25, 0.3) is 10.9 Å². The van der Waals surface area contributed by atoms with Crippen LogP contribution in [0.3, 0.4) is 0 Å². The van der Waals surface area contributed by atoms with Crippen molar-refractivity contribution in [2.24, 2.45) is 11.8 Å². The number of piperidine rings is 3. The Morgan fingerprint density at radius 1 is 1.10 bits per heavy atom. The summed E-state index contributed by atoms with van der Waals surface area (Å²) >= 11 is 0. The lowest BCUT2D eigenvalue weighted by Gasteiger charge is -2.52. The van der Waals surface area contributed by atoms with E-state index >= 15 is 0 Å². The predicted molar refractivity (Wildman–Crippen MR) is 153 cm³/mol. The van der Waals surface area contributed by atoms with Gasteiger partial charge < -0.3 is 15.4 Å². The number of nitrogens with zero attached hydrogens (tertiary/aromatic N) is 2. The number of methoxy groups -OCH3 is 1. The molecule has 2 N–H and O–H groups in total. The summed E-state index contributed by atoms with van der Waals surface area (Å²) in [5.41, 5.74) is -0.0711. The standard InChI is InChI=1S/C31H29F3N4O3/c1-3-17-16-38-13-11-18(17)14-25(38)26(22-10-12-35-24-9-8-21(41-2)15-23(22)24)37-28-27(29(39)30(28)40)36-20-6-4-19(5-7-20)31(32,33)34/h3-10,12,15,17-18,25-26,36-37H,1,11,13-14,16H2,2H3/t17?,18-,25-,26+/m0/s1. The van der Waals surface area contributed by atoms with Crippen LogP contribution in [-0.2, 0) is 6.18 Å². The van der Waals surface area contributed by atoms with Gasteiger partial charge in [0.25, 0.3) is 10.9 Å². The van der Waals surface area contributed by atoms with Gasteiger partial charge in [0.15, 0.2) is 0 Å². The zero-order valence-electron chi connectivity index (χ0n) is 22.4. The molecule has 3 fully saturated rings. The molecule has 3 aromatic carbocycles. The third-order valence-corrected chi connectivity index (χ3v) is 8.55. The molecule has 10 heteroatoms. The number of hydrogen-bond donors (Lipinski definition) is 2. The second-order valence-electron chi connectivity index (χ2n) is 10.8. The molecular formula is C31H29F3N4O3. The highest BCUT2D eigenvalue weighted by molar-refractivity contribution is 5.85. The van der Waals surface area contributed by atoms with Crippen LogP contribution in [0.2, 0.25) is 0 Å². The molecule has 0 aliphatic carbocycles. The molecule has 0 spiro atoms. The maximum absolute atomic E-state index is 13.0. The number of fused-ring (bicyclic) bond motifs is 4. The minimum absolute atomic E-state index is 0.0186. The van der Waals surface area contributed by atoms with Gasteiger partial charge in [-0.25, -0.2) is 0 Å². The largest absolute Gasteiger partial charge is 0.497 e. The Labute approximate surface area is 234 Å². The number of aromatic nitrogens is 1. The second-order valence-corrected chi connectivity index (χ2v) is 10.8. The molecular weight excluding hydrogens is 533 g/mol. The predicted octanol–water partition coefficient (Wildman–Crippen LogP) is 5.65. The van der Waals surface area contributed by atoms with Crippen molar-refractivity contribution in [3.63, 3.8) is 0 Å². The van der Waals surface area contributed by atoms with Gasteiger partial charge in [0.1, 0.15) is 17.1 Å². The summed E-state index contributed by atoms with van der Waals surface area (Å²) in [6.07, 6.45) is 1.20. The van der Waals surface area contributed by atoms with Gasteiger partial charge in [-0.05, 0) is 85.3 Å². The Morgan fingerprint density at radius 2 is 1.85 bits per heavy atom. The average molecular weight is 563 g/mol. The fourth-order valence-corrected chi connectivity index (χ4v) is 6.34. The van der Waals surface area contributed by atoms with Gasteiger partial charge in [-0.15, -0.1) is 6.58 Å². The van der Waals surface area contributed by atoms with Crippen LogP contribution < -0.4 is 26.2 Å². The molecule has 3 saturated heterocycles. The summed E-state index contributed by atoms with van der Waals surface area (Å²) in [6.45, 7) is 5.79. The molecule has 2 bridgehead atoms. The number of halogens is 3. The number of ether oxygens (including phenoxy) is 1. The fourth-order valence-electron chi connectivity index (χ4n) is 6.34. The van der Waals surface area contributed by atoms with Gasteiger partial charge in [-0.1, -0.05) is 6.08 Å². The lowest BCUT2D eigenvalue weighted by atomic mass is 9.73. The molecule has 4 heterocycles. The van der Waals surface area contributed by atoms with Gasteiger partial charge in [-0.2, -0.15) is 13.2 Å². The molecule has 2 unspecified atom stereocenters. The number of hydrogen-bond acceptors (Lipinski definition) is 7. The normalized spacial score (nSPS) is 22.9. The molecule has 3 aliphatic rings. The third-order valence-electron chi connectivity index (χ3n) is 8.55. The topological polar surface area (TPSA) is 83.6 Å². The van der Waals surface area contributed by atoms with Gasteiger partial charge in [0.2, 0.25) is 0 Å². The van der Waals surface area contributed by atoms with Crippen LogP contribution in [-0.4, -0.2) is 36.1 Å². The van der Waals surface area contributed by atoms with E-state index in [2.05, 4.69) is 27.1 Å². The Bertz CT molecular complexity index is 1680. The summed E-state index contributed by atoms with van der Waals surface area (Å²) in [6, 6.07) is 11.5. The molecule has 0 radical (unpaired) electrons. The Kier molecular flexibility index (Phi) is 6.81. The van der Waals surface area contributed by atoms with Gasteiger partial charge in [-0.3, -0.25) is 19.5 Å². The first-order valence-corrected chi connectivity index (χ1v) is 13.5. The van der Waals surface area contributed by atoms with E-state index in [0.717, 1.165) is 54.5 Å². The highest BCUT2D eigenvalue weighted by Gasteiger charge is 2.43. The number of pyridine rings is 1. The van der Waals surface area contributed by atoms with Crippen molar-refractivity contribution >= 4 is 28.0 Å². The highest BCUT2D eigenvalue weighted by Crippen LogP contribution is 2.44. The van der Waals surface area contributed by atoms with Gasteiger partial charge in [0.05, 0.1) is 24.2 Å². The summed E-state index contributed by atoms with van der Waals surface area (Å²) < 4.78 is 44.6. The minimum Gasteiger partial charge on any atom is -0.497 e. The zero-order valence-corrected chi connectivity index (χ0v) is 22.4. The maximum Gasteiger partial charge on any atom is 0.416 e. The minimum atomic E-state index is -4.48. The van der Waals surface area contributed by atoms with Crippen molar-refractivity contribution in [2.45, 2.75) is 31.1 Å². The number of nitrogens with one attached hydrogen (secondary N) is 2. The molecule has 3 aliphatic heterocycles. The molecule has 7 nitrogen and oxygen atoms in total. The SMILES string of the molecule is C=CC1CN2CC[C@H]1C[C@H]2[C@H](Nc1c(Nc2ccc(C(F)(F)F)cc2)c(=O)c1=O)c1ccnc2ccc(OC)cc12. The van der Waals surface area contributed by atoms with Gasteiger partial charge >= 0.3 is 6.18 Å². The molecule has 212 valence electrons. The van der Waals surface area contributed by atoms with Crippen LogP contribution in [0, 0.1) is 11.8 Å². The van der Waals surface area contributed by atoms with Crippen molar-refractivity contribution in [3.8, 4) is 5.75 Å². The molecule has 0 saturated carbocycles.